The third kappa shape index (κ3) is 4.35. The molecule has 0 saturated heterocycles. The van der Waals surface area contributed by atoms with Crippen molar-refractivity contribution in [2.45, 2.75) is 6.92 Å². The van der Waals surface area contributed by atoms with Crippen molar-refractivity contribution in [2.24, 2.45) is 0 Å². The average molecular weight is 362 g/mol. The summed E-state index contributed by atoms with van der Waals surface area (Å²) in [6.45, 7) is 1.69. The van der Waals surface area contributed by atoms with Gasteiger partial charge in [-0.1, -0.05) is 0 Å². The molecule has 1 aromatic carbocycles. The minimum Gasteiger partial charge on any atom is -0.462 e. The molecule has 0 heterocycles. The molecule has 21 heavy (non-hydrogen) atoms. The number of benzene rings is 1. The van der Waals surface area contributed by atoms with Gasteiger partial charge < -0.3 is 9.64 Å². The van der Waals surface area contributed by atoms with Gasteiger partial charge in [-0.2, -0.15) is 0 Å². The molecule has 0 saturated carbocycles. The minimum atomic E-state index is -1.17. The number of esters is 1. The summed E-state index contributed by atoms with van der Waals surface area (Å²) >= 11 is 2.98. The van der Waals surface area contributed by atoms with Gasteiger partial charge in [-0.15, -0.1) is 0 Å². The maximum atomic E-state index is 13.3. The van der Waals surface area contributed by atoms with E-state index in [9.17, 15) is 18.4 Å². The zero-order valence-electron chi connectivity index (χ0n) is 11.7. The Labute approximate surface area is 129 Å². The van der Waals surface area contributed by atoms with Crippen LogP contribution in [-0.4, -0.2) is 37.4 Å². The van der Waals surface area contributed by atoms with Crippen LogP contribution in [0.1, 0.15) is 17.3 Å². The van der Waals surface area contributed by atoms with E-state index < -0.39 is 23.4 Å². The molecule has 0 aliphatic rings. The number of hydrogen-bond acceptors (Lipinski definition) is 4. The fourth-order valence-corrected chi connectivity index (χ4v) is 2.01. The molecular weight excluding hydrogens is 348 g/mol. The van der Waals surface area contributed by atoms with Gasteiger partial charge in [-0.3, -0.25) is 4.79 Å². The number of carbonyl (C=O) groups excluding carboxylic acids is 2. The highest BCUT2D eigenvalue weighted by molar-refractivity contribution is 9.10. The van der Waals surface area contributed by atoms with E-state index in [1.807, 2.05) is 0 Å². The first kappa shape index (κ1) is 17.3. The molecule has 0 N–H and O–H groups in total. The van der Waals surface area contributed by atoms with Crippen molar-refractivity contribution in [3.63, 3.8) is 0 Å². The second-order valence-electron chi connectivity index (χ2n) is 4.30. The van der Waals surface area contributed by atoms with E-state index in [1.54, 1.807) is 21.0 Å². The number of ketones is 1. The van der Waals surface area contributed by atoms with Crippen molar-refractivity contribution >= 4 is 27.7 Å². The molecule has 0 aromatic heterocycles. The molecule has 0 amide bonds. The van der Waals surface area contributed by atoms with E-state index in [-0.39, 0.29) is 22.2 Å². The number of carbonyl (C=O) groups is 2. The number of ether oxygens (including phenoxy) is 1. The topological polar surface area (TPSA) is 46.6 Å². The van der Waals surface area contributed by atoms with Crippen molar-refractivity contribution in [1.82, 2.24) is 4.90 Å². The largest absolute Gasteiger partial charge is 0.462 e. The van der Waals surface area contributed by atoms with Crippen LogP contribution in [0.25, 0.3) is 0 Å². The van der Waals surface area contributed by atoms with Gasteiger partial charge >= 0.3 is 5.97 Å². The summed E-state index contributed by atoms with van der Waals surface area (Å²) in [5.41, 5.74) is -0.427. The lowest BCUT2D eigenvalue weighted by Gasteiger charge is -2.11. The number of hydrogen-bond donors (Lipinski definition) is 0. The van der Waals surface area contributed by atoms with Gasteiger partial charge in [0.15, 0.2) is 11.6 Å². The monoisotopic (exact) mass is 361 g/mol. The van der Waals surface area contributed by atoms with Crippen LogP contribution in [0.4, 0.5) is 8.78 Å². The van der Waals surface area contributed by atoms with Crippen molar-refractivity contribution in [3.05, 3.63) is 45.6 Å². The van der Waals surface area contributed by atoms with Crippen LogP contribution in [0.2, 0.25) is 0 Å². The van der Waals surface area contributed by atoms with Gasteiger partial charge in [0.05, 0.1) is 6.61 Å². The Balaban J connectivity index is 3.30. The summed E-state index contributed by atoms with van der Waals surface area (Å²) in [5.74, 6) is -3.84. The molecule has 1 rings (SSSR count). The Morgan fingerprint density at radius 1 is 1.29 bits per heavy atom. The average Bonchev–Trinajstić information content (AvgIpc) is 2.39. The van der Waals surface area contributed by atoms with Gasteiger partial charge in [-0.25, -0.2) is 13.6 Å². The molecular formula is C14H14BrF2NO3. The van der Waals surface area contributed by atoms with Crippen LogP contribution >= 0.6 is 15.9 Å². The molecule has 0 unspecified atom stereocenters. The molecule has 0 atom stereocenters. The van der Waals surface area contributed by atoms with Crippen LogP contribution < -0.4 is 0 Å². The Morgan fingerprint density at radius 3 is 2.38 bits per heavy atom. The SMILES string of the molecule is CCOC(=O)C(=CN(C)C)C(=O)c1cc(F)c(F)cc1Br. The van der Waals surface area contributed by atoms with Crippen molar-refractivity contribution in [1.29, 1.82) is 0 Å². The predicted molar refractivity (Wildman–Crippen MR) is 76.8 cm³/mol. The lowest BCUT2D eigenvalue weighted by molar-refractivity contribution is -0.138. The summed E-state index contributed by atoms with van der Waals surface area (Å²) in [6, 6.07) is 1.57. The second kappa shape index (κ2) is 7.31. The highest BCUT2D eigenvalue weighted by Crippen LogP contribution is 2.23. The van der Waals surface area contributed by atoms with E-state index in [4.69, 9.17) is 4.74 Å². The summed E-state index contributed by atoms with van der Waals surface area (Å²) in [4.78, 5) is 25.7. The molecule has 1 aromatic rings. The molecule has 0 radical (unpaired) electrons. The summed E-state index contributed by atoms with van der Waals surface area (Å²) in [5, 5.41) is 0. The fraction of sp³-hybridized carbons (Fsp3) is 0.286. The smallest absolute Gasteiger partial charge is 0.343 e. The van der Waals surface area contributed by atoms with E-state index >= 15 is 0 Å². The van der Waals surface area contributed by atoms with Crippen molar-refractivity contribution in [3.8, 4) is 0 Å². The highest BCUT2D eigenvalue weighted by Gasteiger charge is 2.24. The summed E-state index contributed by atoms with van der Waals surface area (Å²) < 4.78 is 31.2. The standard InChI is InChI=1S/C14H14BrF2NO3/c1-4-21-14(20)9(7-18(2)3)13(19)8-5-11(16)12(17)6-10(8)15/h5-7H,4H2,1-3H3. The number of nitrogens with zero attached hydrogens (tertiary/aromatic N) is 1. The molecule has 4 nitrogen and oxygen atoms in total. The Kier molecular flexibility index (Phi) is 6.02. The molecule has 0 aliphatic heterocycles. The molecule has 0 bridgehead atoms. The summed E-state index contributed by atoms with van der Waals surface area (Å²) in [7, 11) is 3.24. The van der Waals surface area contributed by atoms with E-state index in [0.717, 1.165) is 12.1 Å². The highest BCUT2D eigenvalue weighted by atomic mass is 79.9. The van der Waals surface area contributed by atoms with Crippen LogP contribution in [0.3, 0.4) is 0 Å². The van der Waals surface area contributed by atoms with E-state index in [0.29, 0.717) is 0 Å². The third-order valence-electron chi connectivity index (χ3n) is 2.38. The van der Waals surface area contributed by atoms with Crippen LogP contribution in [0, 0.1) is 11.6 Å². The van der Waals surface area contributed by atoms with E-state index in [1.165, 1.54) is 11.1 Å². The molecule has 0 spiro atoms. The van der Waals surface area contributed by atoms with Gasteiger partial charge in [0.25, 0.3) is 0 Å². The lowest BCUT2D eigenvalue weighted by atomic mass is 10.0. The first-order valence-electron chi connectivity index (χ1n) is 6.02. The normalized spacial score (nSPS) is 11.2. The first-order chi connectivity index (χ1) is 9.77. The maximum Gasteiger partial charge on any atom is 0.343 e. The molecule has 7 heteroatoms. The number of halogens is 3. The predicted octanol–water partition coefficient (Wildman–Crippen LogP) is 2.92. The Hall–Kier alpha value is -1.76. The minimum absolute atomic E-state index is 0.0559. The lowest BCUT2D eigenvalue weighted by Crippen LogP contribution is -2.20. The second-order valence-corrected chi connectivity index (χ2v) is 5.16. The van der Waals surface area contributed by atoms with Crippen molar-refractivity contribution in [2.75, 3.05) is 20.7 Å². The van der Waals surface area contributed by atoms with Crippen LogP contribution in [0.15, 0.2) is 28.4 Å². The zero-order valence-corrected chi connectivity index (χ0v) is 13.3. The Morgan fingerprint density at radius 2 is 1.86 bits per heavy atom. The number of Topliss-reactive ketones (excluding diaryl/α,β-unsaturated/α-hetero) is 1. The van der Waals surface area contributed by atoms with Gasteiger partial charge in [-0.05, 0) is 35.0 Å². The maximum absolute atomic E-state index is 13.3. The number of rotatable bonds is 5. The van der Waals surface area contributed by atoms with Gasteiger partial charge in [0.2, 0.25) is 5.78 Å². The quantitative estimate of drug-likeness (QED) is 0.202. The van der Waals surface area contributed by atoms with Crippen LogP contribution in [-0.2, 0) is 9.53 Å². The van der Waals surface area contributed by atoms with Crippen LogP contribution in [0.5, 0.6) is 0 Å². The molecule has 0 aliphatic carbocycles. The van der Waals surface area contributed by atoms with Crippen molar-refractivity contribution < 1.29 is 23.1 Å². The van der Waals surface area contributed by atoms with Gasteiger partial charge in [0.1, 0.15) is 5.57 Å². The van der Waals surface area contributed by atoms with E-state index in [2.05, 4.69) is 15.9 Å². The third-order valence-corrected chi connectivity index (χ3v) is 3.04. The zero-order chi connectivity index (χ0) is 16.2. The van der Waals surface area contributed by atoms with Gasteiger partial charge in [0, 0.05) is 30.3 Å². The summed E-state index contributed by atoms with van der Waals surface area (Å²) in [6.07, 6.45) is 1.27. The fourth-order valence-electron chi connectivity index (χ4n) is 1.51. The molecule has 0 fully saturated rings. The Bertz CT molecular complexity index is 600. The first-order valence-corrected chi connectivity index (χ1v) is 6.81. The molecule has 114 valence electrons.